The number of carbonyl (C=O) groups is 3. The first-order valence-corrected chi connectivity index (χ1v) is 6.65. The van der Waals surface area contributed by atoms with Crippen LogP contribution >= 0.6 is 0 Å². The van der Waals surface area contributed by atoms with Crippen molar-refractivity contribution in [2.75, 3.05) is 13.1 Å². The van der Waals surface area contributed by atoms with E-state index in [4.69, 9.17) is 10.5 Å². The molecule has 0 aromatic rings. The summed E-state index contributed by atoms with van der Waals surface area (Å²) >= 11 is 0. The van der Waals surface area contributed by atoms with Gasteiger partial charge in [0, 0.05) is 25.6 Å². The van der Waals surface area contributed by atoms with Gasteiger partial charge >= 0.3 is 6.09 Å². The molecule has 0 aliphatic carbocycles. The molecule has 2 atom stereocenters. The maximum atomic E-state index is 11.7. The minimum atomic E-state index is -0.565. The Morgan fingerprint density at radius 2 is 2.10 bits per heavy atom. The van der Waals surface area contributed by atoms with Crippen molar-refractivity contribution in [2.24, 2.45) is 11.7 Å². The number of hydrogen-bond acceptors (Lipinski definition) is 4. The van der Waals surface area contributed by atoms with Crippen LogP contribution in [0.25, 0.3) is 0 Å². The Kier molecular flexibility index (Phi) is 4.97. The SMILES string of the molecule is CC(CN1CC(C(N)=O)CC1=O)NC(=O)OC(C)(C)C. The highest BCUT2D eigenvalue weighted by Gasteiger charge is 2.33. The van der Waals surface area contributed by atoms with Crippen molar-refractivity contribution in [1.29, 1.82) is 0 Å². The van der Waals surface area contributed by atoms with Crippen molar-refractivity contribution in [3.8, 4) is 0 Å². The number of nitrogens with one attached hydrogen (secondary N) is 1. The maximum absolute atomic E-state index is 11.7. The van der Waals surface area contributed by atoms with Crippen LogP contribution in [0, 0.1) is 5.92 Å². The van der Waals surface area contributed by atoms with Gasteiger partial charge in [-0.25, -0.2) is 4.79 Å². The first kappa shape index (κ1) is 16.3. The molecule has 1 aliphatic heterocycles. The van der Waals surface area contributed by atoms with E-state index in [1.165, 1.54) is 4.90 Å². The molecular formula is C13H23N3O4. The lowest BCUT2D eigenvalue weighted by Crippen LogP contribution is -2.44. The number of alkyl carbamates (subject to hydrolysis) is 1. The van der Waals surface area contributed by atoms with Crippen LogP contribution in [0.1, 0.15) is 34.1 Å². The molecule has 1 rings (SSSR count). The zero-order valence-electron chi connectivity index (χ0n) is 12.4. The molecule has 1 fully saturated rings. The fourth-order valence-electron chi connectivity index (χ4n) is 2.02. The summed E-state index contributed by atoms with van der Waals surface area (Å²) in [5.74, 6) is -1.02. The topological polar surface area (TPSA) is 102 Å². The van der Waals surface area contributed by atoms with E-state index in [0.717, 1.165) is 0 Å². The van der Waals surface area contributed by atoms with Gasteiger partial charge in [-0.15, -0.1) is 0 Å². The van der Waals surface area contributed by atoms with Crippen LogP contribution in [0.15, 0.2) is 0 Å². The summed E-state index contributed by atoms with van der Waals surface area (Å²) in [6.45, 7) is 7.75. The number of amides is 3. The Hall–Kier alpha value is -1.79. The van der Waals surface area contributed by atoms with E-state index in [1.807, 2.05) is 0 Å². The Bertz CT molecular complexity index is 403. The number of carbonyl (C=O) groups excluding carboxylic acids is 3. The molecule has 3 N–H and O–H groups in total. The quantitative estimate of drug-likeness (QED) is 0.772. The molecule has 0 saturated carbocycles. The van der Waals surface area contributed by atoms with Crippen LogP contribution in [0.4, 0.5) is 4.79 Å². The minimum absolute atomic E-state index is 0.119. The van der Waals surface area contributed by atoms with Crippen molar-refractivity contribution in [3.05, 3.63) is 0 Å². The highest BCUT2D eigenvalue weighted by atomic mass is 16.6. The van der Waals surface area contributed by atoms with Crippen molar-refractivity contribution in [3.63, 3.8) is 0 Å². The lowest BCUT2D eigenvalue weighted by atomic mass is 10.1. The number of nitrogens with zero attached hydrogens (tertiary/aromatic N) is 1. The number of nitrogens with two attached hydrogens (primary N) is 1. The second kappa shape index (κ2) is 6.11. The van der Waals surface area contributed by atoms with Gasteiger partial charge in [-0.2, -0.15) is 0 Å². The number of hydrogen-bond donors (Lipinski definition) is 2. The first-order chi connectivity index (χ1) is 9.08. The third-order valence-electron chi connectivity index (χ3n) is 2.87. The van der Waals surface area contributed by atoms with Crippen molar-refractivity contribution < 1.29 is 19.1 Å². The lowest BCUT2D eigenvalue weighted by molar-refractivity contribution is -0.128. The fourth-order valence-corrected chi connectivity index (χ4v) is 2.02. The Morgan fingerprint density at radius 1 is 1.50 bits per heavy atom. The van der Waals surface area contributed by atoms with Gasteiger partial charge in [-0.3, -0.25) is 9.59 Å². The van der Waals surface area contributed by atoms with Gasteiger partial charge in [0.2, 0.25) is 11.8 Å². The van der Waals surface area contributed by atoms with Crippen LogP contribution in [-0.2, 0) is 14.3 Å². The molecule has 3 amide bonds. The molecule has 1 saturated heterocycles. The number of ether oxygens (including phenoxy) is 1. The van der Waals surface area contributed by atoms with E-state index in [2.05, 4.69) is 5.32 Å². The van der Waals surface area contributed by atoms with Crippen LogP contribution in [0.3, 0.4) is 0 Å². The molecule has 0 aromatic heterocycles. The van der Waals surface area contributed by atoms with E-state index in [0.29, 0.717) is 13.1 Å². The standard InChI is InChI=1S/C13H23N3O4/c1-8(15-12(19)20-13(2,3)4)6-16-7-9(11(14)18)5-10(16)17/h8-9H,5-7H2,1-4H3,(H2,14,18)(H,15,19). The van der Waals surface area contributed by atoms with Crippen molar-refractivity contribution in [1.82, 2.24) is 10.2 Å². The third kappa shape index (κ3) is 5.07. The Balaban J connectivity index is 2.43. The maximum Gasteiger partial charge on any atom is 0.407 e. The van der Waals surface area contributed by atoms with Crippen LogP contribution in [0.5, 0.6) is 0 Å². The molecule has 0 spiro atoms. The Labute approximate surface area is 118 Å². The lowest BCUT2D eigenvalue weighted by Gasteiger charge is -2.24. The number of primary amides is 1. The molecule has 0 bridgehead atoms. The van der Waals surface area contributed by atoms with Gasteiger partial charge in [0.1, 0.15) is 5.60 Å². The molecule has 20 heavy (non-hydrogen) atoms. The zero-order chi connectivity index (χ0) is 15.5. The molecule has 1 heterocycles. The molecular weight excluding hydrogens is 262 g/mol. The first-order valence-electron chi connectivity index (χ1n) is 6.65. The van der Waals surface area contributed by atoms with E-state index in [9.17, 15) is 14.4 Å². The average molecular weight is 285 g/mol. The summed E-state index contributed by atoms with van der Waals surface area (Å²) in [5.41, 5.74) is 4.63. The summed E-state index contributed by atoms with van der Waals surface area (Å²) in [6, 6.07) is -0.263. The molecule has 0 radical (unpaired) electrons. The smallest absolute Gasteiger partial charge is 0.407 e. The fraction of sp³-hybridized carbons (Fsp3) is 0.769. The van der Waals surface area contributed by atoms with E-state index in [1.54, 1.807) is 27.7 Å². The normalized spacial score (nSPS) is 20.7. The van der Waals surface area contributed by atoms with Gasteiger partial charge in [-0.1, -0.05) is 0 Å². The van der Waals surface area contributed by atoms with Crippen molar-refractivity contribution >= 4 is 17.9 Å². The molecule has 1 aliphatic rings. The van der Waals surface area contributed by atoms with E-state index in [-0.39, 0.29) is 18.4 Å². The van der Waals surface area contributed by atoms with E-state index >= 15 is 0 Å². The molecule has 0 aromatic carbocycles. The Morgan fingerprint density at radius 3 is 2.55 bits per heavy atom. The second-order valence-corrected chi connectivity index (χ2v) is 6.15. The van der Waals surface area contributed by atoms with Crippen LogP contribution in [-0.4, -0.2) is 47.5 Å². The van der Waals surface area contributed by atoms with Gasteiger partial charge in [-0.05, 0) is 27.7 Å². The van der Waals surface area contributed by atoms with Crippen LogP contribution in [0.2, 0.25) is 0 Å². The monoisotopic (exact) mass is 285 g/mol. The summed E-state index contributed by atoms with van der Waals surface area (Å²) in [5, 5.41) is 2.66. The largest absolute Gasteiger partial charge is 0.444 e. The second-order valence-electron chi connectivity index (χ2n) is 6.15. The predicted octanol–water partition coefficient (Wildman–Crippen LogP) is 0.233. The predicted molar refractivity (Wildman–Crippen MR) is 72.7 cm³/mol. The van der Waals surface area contributed by atoms with Gasteiger partial charge in [0.05, 0.1) is 5.92 Å². The van der Waals surface area contributed by atoms with Crippen LogP contribution < -0.4 is 11.1 Å². The highest BCUT2D eigenvalue weighted by Crippen LogP contribution is 2.17. The molecule has 2 unspecified atom stereocenters. The average Bonchev–Trinajstić information content (AvgIpc) is 2.57. The van der Waals surface area contributed by atoms with Gasteiger partial charge in [0.25, 0.3) is 0 Å². The summed E-state index contributed by atoms with van der Waals surface area (Å²) in [7, 11) is 0. The highest BCUT2D eigenvalue weighted by molar-refractivity contribution is 5.88. The molecule has 7 heteroatoms. The summed E-state index contributed by atoms with van der Waals surface area (Å²) in [4.78, 5) is 35.9. The van der Waals surface area contributed by atoms with Gasteiger partial charge < -0.3 is 20.7 Å². The third-order valence-corrected chi connectivity index (χ3v) is 2.87. The zero-order valence-corrected chi connectivity index (χ0v) is 12.4. The van der Waals surface area contributed by atoms with Gasteiger partial charge in [0.15, 0.2) is 0 Å². The molecule has 114 valence electrons. The van der Waals surface area contributed by atoms with E-state index < -0.39 is 23.5 Å². The number of likely N-dealkylation sites (tertiary alicyclic amines) is 1. The van der Waals surface area contributed by atoms with Crippen molar-refractivity contribution in [2.45, 2.75) is 45.8 Å². The summed E-state index contributed by atoms with van der Waals surface area (Å²) < 4.78 is 5.13. The summed E-state index contributed by atoms with van der Waals surface area (Å²) in [6.07, 6.45) is -0.378. The molecule has 7 nitrogen and oxygen atoms in total. The minimum Gasteiger partial charge on any atom is -0.444 e. The number of rotatable bonds is 4.